The first-order valence-corrected chi connectivity index (χ1v) is 8.39. The molecule has 0 bridgehead atoms. The van der Waals surface area contributed by atoms with Gasteiger partial charge in [0.25, 0.3) is 0 Å². The lowest BCUT2D eigenvalue weighted by Gasteiger charge is -2.09. The van der Waals surface area contributed by atoms with Crippen LogP contribution in [0.5, 0.6) is 5.75 Å². The Morgan fingerprint density at radius 3 is 2.70 bits per heavy atom. The highest BCUT2D eigenvalue weighted by molar-refractivity contribution is 5.81. The van der Waals surface area contributed by atoms with Crippen LogP contribution in [0, 0.1) is 5.82 Å². The van der Waals surface area contributed by atoms with Gasteiger partial charge in [-0.05, 0) is 23.8 Å². The first kappa shape index (κ1) is 16.9. The van der Waals surface area contributed by atoms with Gasteiger partial charge in [-0.25, -0.2) is 19.0 Å². The molecule has 0 aliphatic carbocycles. The summed E-state index contributed by atoms with van der Waals surface area (Å²) in [5.74, 6) is 1.12. The van der Waals surface area contributed by atoms with Crippen molar-refractivity contribution in [3.63, 3.8) is 0 Å². The maximum Gasteiger partial charge on any atom is 0.184 e. The summed E-state index contributed by atoms with van der Waals surface area (Å²) >= 11 is 0. The molecule has 8 heteroatoms. The molecule has 4 aromatic rings. The molecule has 2 aromatic heterocycles. The van der Waals surface area contributed by atoms with Crippen molar-refractivity contribution in [2.24, 2.45) is 0 Å². The van der Waals surface area contributed by atoms with E-state index < -0.39 is 0 Å². The van der Waals surface area contributed by atoms with E-state index in [1.807, 2.05) is 24.3 Å². The van der Waals surface area contributed by atoms with Crippen LogP contribution in [0.4, 0.5) is 10.2 Å². The van der Waals surface area contributed by atoms with Crippen molar-refractivity contribution < 1.29 is 9.13 Å². The van der Waals surface area contributed by atoms with Gasteiger partial charge in [-0.1, -0.05) is 35.5 Å². The number of aromatic nitrogens is 5. The third-order valence-corrected chi connectivity index (χ3v) is 4.18. The number of hydrogen-bond donors (Lipinski definition) is 1. The summed E-state index contributed by atoms with van der Waals surface area (Å²) in [6.45, 7) is 0.973. The number of nitrogens with one attached hydrogen (secondary N) is 1. The third-order valence-electron chi connectivity index (χ3n) is 4.18. The van der Waals surface area contributed by atoms with Crippen molar-refractivity contribution in [2.45, 2.75) is 13.1 Å². The average molecular weight is 364 g/mol. The summed E-state index contributed by atoms with van der Waals surface area (Å²) in [5.41, 5.74) is 3.10. The molecule has 0 fully saturated rings. The summed E-state index contributed by atoms with van der Waals surface area (Å²) < 4.78 is 20.1. The van der Waals surface area contributed by atoms with Gasteiger partial charge in [0.1, 0.15) is 17.9 Å². The van der Waals surface area contributed by atoms with Gasteiger partial charge in [-0.3, -0.25) is 0 Å². The monoisotopic (exact) mass is 364 g/mol. The van der Waals surface area contributed by atoms with Crippen LogP contribution >= 0.6 is 0 Å². The van der Waals surface area contributed by atoms with Gasteiger partial charge in [0.05, 0.1) is 13.7 Å². The van der Waals surface area contributed by atoms with E-state index in [1.165, 1.54) is 18.5 Å². The molecule has 4 rings (SSSR count). The maximum atomic E-state index is 13.1. The molecule has 2 aromatic carbocycles. The second-order valence-electron chi connectivity index (χ2n) is 5.93. The van der Waals surface area contributed by atoms with E-state index in [4.69, 9.17) is 4.74 Å². The fourth-order valence-electron chi connectivity index (χ4n) is 2.82. The van der Waals surface area contributed by atoms with Gasteiger partial charge in [0, 0.05) is 12.1 Å². The lowest BCUT2D eigenvalue weighted by atomic mass is 10.2. The molecule has 136 valence electrons. The summed E-state index contributed by atoms with van der Waals surface area (Å²) in [6.07, 6.45) is 1.47. The van der Waals surface area contributed by atoms with Crippen molar-refractivity contribution in [1.29, 1.82) is 0 Å². The van der Waals surface area contributed by atoms with E-state index in [2.05, 4.69) is 25.6 Å². The fourth-order valence-corrected chi connectivity index (χ4v) is 2.82. The minimum atomic E-state index is -0.271. The molecule has 0 spiro atoms. The number of para-hydroxylation sites is 1. The van der Waals surface area contributed by atoms with Crippen LogP contribution in [0.15, 0.2) is 54.9 Å². The van der Waals surface area contributed by atoms with Crippen molar-refractivity contribution in [3.05, 3.63) is 71.8 Å². The first-order chi connectivity index (χ1) is 13.2. The quantitative estimate of drug-likeness (QED) is 0.567. The largest absolute Gasteiger partial charge is 0.496 e. The van der Waals surface area contributed by atoms with E-state index in [9.17, 15) is 4.39 Å². The summed E-state index contributed by atoms with van der Waals surface area (Å²) in [4.78, 5) is 8.57. The molecule has 0 atom stereocenters. The number of benzene rings is 2. The van der Waals surface area contributed by atoms with Crippen molar-refractivity contribution in [3.8, 4) is 5.75 Å². The van der Waals surface area contributed by atoms with Crippen LogP contribution in [0.3, 0.4) is 0 Å². The Morgan fingerprint density at radius 1 is 1.07 bits per heavy atom. The molecular formula is C19H17FN6O. The average Bonchev–Trinajstić information content (AvgIpc) is 3.12. The Morgan fingerprint density at radius 2 is 1.89 bits per heavy atom. The number of halogens is 1. The smallest absolute Gasteiger partial charge is 0.184 e. The highest BCUT2D eigenvalue weighted by Crippen LogP contribution is 2.21. The zero-order chi connectivity index (χ0) is 18.6. The minimum absolute atomic E-state index is 0.271. The molecule has 1 N–H and O–H groups in total. The standard InChI is InChI=1S/C19H17FN6O/c1-27-16-5-3-2-4-14(16)10-21-18-17-19(23-12-22-18)26(25-24-17)11-13-6-8-15(20)9-7-13/h2-9,12H,10-11H2,1H3,(H,21,22,23). The van der Waals surface area contributed by atoms with Gasteiger partial charge in [-0.2, -0.15) is 0 Å². The van der Waals surface area contributed by atoms with Crippen LogP contribution in [-0.2, 0) is 13.1 Å². The van der Waals surface area contributed by atoms with E-state index in [1.54, 1.807) is 23.9 Å². The van der Waals surface area contributed by atoms with Gasteiger partial charge in [0.15, 0.2) is 17.0 Å². The molecule has 0 radical (unpaired) electrons. The lowest BCUT2D eigenvalue weighted by Crippen LogP contribution is -2.05. The van der Waals surface area contributed by atoms with Crippen LogP contribution in [0.1, 0.15) is 11.1 Å². The molecule has 0 amide bonds. The molecule has 2 heterocycles. The highest BCUT2D eigenvalue weighted by atomic mass is 19.1. The van der Waals surface area contributed by atoms with Crippen LogP contribution in [-0.4, -0.2) is 32.1 Å². The molecule has 7 nitrogen and oxygen atoms in total. The molecule has 0 unspecified atom stereocenters. The van der Waals surface area contributed by atoms with E-state index in [0.717, 1.165) is 16.9 Å². The van der Waals surface area contributed by atoms with Gasteiger partial charge < -0.3 is 10.1 Å². The highest BCUT2D eigenvalue weighted by Gasteiger charge is 2.12. The number of anilines is 1. The Balaban J connectivity index is 1.58. The Labute approximate surface area is 154 Å². The predicted octanol–water partition coefficient (Wildman–Crippen LogP) is 3.03. The number of ether oxygens (including phenoxy) is 1. The minimum Gasteiger partial charge on any atom is -0.496 e. The fraction of sp³-hybridized carbons (Fsp3) is 0.158. The number of fused-ring (bicyclic) bond motifs is 1. The van der Waals surface area contributed by atoms with Crippen molar-refractivity contribution >= 4 is 17.0 Å². The molecule has 0 aliphatic heterocycles. The third kappa shape index (κ3) is 3.55. The van der Waals surface area contributed by atoms with Gasteiger partial charge in [0.2, 0.25) is 0 Å². The second-order valence-corrected chi connectivity index (χ2v) is 5.93. The number of rotatable bonds is 6. The Bertz CT molecular complexity index is 1060. The zero-order valence-corrected chi connectivity index (χ0v) is 14.6. The number of nitrogens with zero attached hydrogens (tertiary/aromatic N) is 5. The van der Waals surface area contributed by atoms with Crippen LogP contribution in [0.2, 0.25) is 0 Å². The van der Waals surface area contributed by atoms with Crippen LogP contribution < -0.4 is 10.1 Å². The molecule has 27 heavy (non-hydrogen) atoms. The van der Waals surface area contributed by atoms with E-state index in [-0.39, 0.29) is 5.82 Å². The molecular weight excluding hydrogens is 347 g/mol. The lowest BCUT2D eigenvalue weighted by molar-refractivity contribution is 0.410. The van der Waals surface area contributed by atoms with Gasteiger partial charge in [-0.15, -0.1) is 5.10 Å². The van der Waals surface area contributed by atoms with E-state index >= 15 is 0 Å². The van der Waals surface area contributed by atoms with Crippen molar-refractivity contribution in [1.82, 2.24) is 25.0 Å². The van der Waals surface area contributed by atoms with Gasteiger partial charge >= 0.3 is 0 Å². The number of hydrogen-bond acceptors (Lipinski definition) is 6. The molecule has 0 saturated heterocycles. The zero-order valence-electron chi connectivity index (χ0n) is 14.6. The van der Waals surface area contributed by atoms with E-state index in [0.29, 0.717) is 30.1 Å². The normalized spacial score (nSPS) is 10.9. The molecule has 0 saturated carbocycles. The molecule has 0 aliphatic rings. The van der Waals surface area contributed by atoms with Crippen molar-refractivity contribution in [2.75, 3.05) is 12.4 Å². The Kier molecular flexibility index (Phi) is 4.61. The summed E-state index contributed by atoms with van der Waals surface area (Å²) in [7, 11) is 1.64. The number of methoxy groups -OCH3 is 1. The van der Waals surface area contributed by atoms with Crippen LogP contribution in [0.25, 0.3) is 11.2 Å². The topological polar surface area (TPSA) is 77.8 Å². The Hall–Kier alpha value is -3.55. The summed E-state index contributed by atoms with van der Waals surface area (Å²) in [5, 5.41) is 11.6. The second kappa shape index (κ2) is 7.36. The summed E-state index contributed by atoms with van der Waals surface area (Å²) in [6, 6.07) is 14.0. The predicted molar refractivity (Wildman–Crippen MR) is 98.9 cm³/mol. The first-order valence-electron chi connectivity index (χ1n) is 8.39. The maximum absolute atomic E-state index is 13.1. The SMILES string of the molecule is COc1ccccc1CNc1ncnc2c1nnn2Cc1ccc(F)cc1.